The average Bonchev–Trinajstić information content (AvgIpc) is 2.68. The molecule has 0 amide bonds. The monoisotopic (exact) mass is 350 g/mol. The van der Waals surface area contributed by atoms with Crippen molar-refractivity contribution in [2.24, 2.45) is 0 Å². The summed E-state index contributed by atoms with van der Waals surface area (Å²) < 4.78 is 1.22. The molecule has 0 unspecified atom stereocenters. The molecule has 0 saturated heterocycles. The van der Waals surface area contributed by atoms with Gasteiger partial charge in [0.2, 0.25) is 0 Å². The number of nitrogens with zero attached hydrogens (tertiary/aromatic N) is 1. The number of hydrogen-bond donors (Lipinski definition) is 1. The lowest BCUT2D eigenvalue weighted by Gasteiger charge is -2.11. The van der Waals surface area contributed by atoms with Crippen LogP contribution in [0.25, 0.3) is 32.3 Å². The van der Waals surface area contributed by atoms with Gasteiger partial charge in [-0.25, -0.2) is 9.36 Å². The van der Waals surface area contributed by atoms with Gasteiger partial charge < -0.3 is 0 Å². The van der Waals surface area contributed by atoms with E-state index in [4.69, 9.17) is 0 Å². The number of hydrogen-bond acceptors (Lipinski definition) is 2. The molecule has 4 nitrogen and oxygen atoms in total. The van der Waals surface area contributed by atoms with E-state index in [0.29, 0.717) is 5.56 Å². The maximum Gasteiger partial charge on any atom is 0.340 e. The second-order valence-corrected chi connectivity index (χ2v) is 6.65. The van der Waals surface area contributed by atoms with E-state index in [0.717, 1.165) is 16.3 Å². The first-order valence-corrected chi connectivity index (χ1v) is 8.63. The zero-order chi connectivity index (χ0) is 18.5. The van der Waals surface area contributed by atoms with Gasteiger partial charge in [0, 0.05) is 23.4 Å². The Hall–Kier alpha value is -3.84. The smallest absolute Gasteiger partial charge is 0.273 e. The zero-order valence-electron chi connectivity index (χ0n) is 14.5. The van der Waals surface area contributed by atoms with Crippen LogP contribution in [0.3, 0.4) is 0 Å². The van der Waals surface area contributed by atoms with Crippen LogP contribution in [0.15, 0.2) is 70.4 Å². The van der Waals surface area contributed by atoms with Crippen molar-refractivity contribution in [3.05, 3.63) is 92.8 Å². The van der Waals surface area contributed by atoms with Crippen LogP contribution in [0.4, 0.5) is 0 Å². The van der Waals surface area contributed by atoms with E-state index in [9.17, 15) is 9.59 Å². The van der Waals surface area contributed by atoms with Crippen LogP contribution in [-0.2, 0) is 0 Å². The summed E-state index contributed by atoms with van der Waals surface area (Å²) in [5.74, 6) is 3.09. The minimum absolute atomic E-state index is 0.388. The second-order valence-electron chi connectivity index (χ2n) is 6.65. The van der Waals surface area contributed by atoms with Gasteiger partial charge in [0.1, 0.15) is 0 Å². The molecule has 0 saturated carbocycles. The van der Waals surface area contributed by atoms with Gasteiger partial charge in [0.15, 0.2) is 0 Å². The molecule has 0 aliphatic carbocycles. The van der Waals surface area contributed by atoms with Gasteiger partial charge in [-0.1, -0.05) is 48.5 Å². The van der Waals surface area contributed by atoms with Crippen molar-refractivity contribution >= 4 is 32.3 Å². The van der Waals surface area contributed by atoms with Gasteiger partial charge in [0.25, 0.3) is 5.56 Å². The Labute approximate surface area is 154 Å². The molecule has 0 fully saturated rings. The van der Waals surface area contributed by atoms with Crippen molar-refractivity contribution in [2.75, 3.05) is 0 Å². The molecule has 4 heteroatoms. The van der Waals surface area contributed by atoms with Crippen molar-refractivity contribution in [3.63, 3.8) is 0 Å². The van der Waals surface area contributed by atoms with Crippen LogP contribution in [-0.4, -0.2) is 9.55 Å². The Kier molecular flexibility index (Phi) is 3.19. The Morgan fingerprint density at radius 1 is 0.852 bits per heavy atom. The van der Waals surface area contributed by atoms with E-state index in [1.165, 1.54) is 32.3 Å². The van der Waals surface area contributed by atoms with E-state index in [1.54, 1.807) is 6.92 Å². The standard InChI is InChI=1S/C23H14N2O2/c1-14-13-25(23(27)24-22(14)26)12-11-15-5-6-18-8-7-16-3-2-4-17-9-10-19(15)21(18)20(16)17/h2-10,13H,1H3,(H,24,26,27). The van der Waals surface area contributed by atoms with E-state index < -0.39 is 5.69 Å². The molecule has 0 atom stereocenters. The van der Waals surface area contributed by atoms with Gasteiger partial charge in [0.05, 0.1) is 0 Å². The molecule has 1 heterocycles. The summed E-state index contributed by atoms with van der Waals surface area (Å²) in [6.45, 7) is 1.65. The van der Waals surface area contributed by atoms with Gasteiger partial charge in [-0.2, -0.15) is 0 Å². The molecule has 5 aromatic rings. The number of benzene rings is 4. The van der Waals surface area contributed by atoms with Crippen LogP contribution in [0.5, 0.6) is 0 Å². The molecule has 1 aromatic heterocycles. The molecule has 1 N–H and O–H groups in total. The minimum Gasteiger partial charge on any atom is -0.273 e. The fraction of sp³-hybridized carbons (Fsp3) is 0.0435. The molecule has 0 aliphatic rings. The molecule has 128 valence electrons. The molecule has 27 heavy (non-hydrogen) atoms. The Bertz CT molecular complexity index is 1510. The highest BCUT2D eigenvalue weighted by atomic mass is 16.2. The number of aromatic nitrogens is 2. The second kappa shape index (κ2) is 5.58. The van der Waals surface area contributed by atoms with E-state index >= 15 is 0 Å². The Morgan fingerprint density at radius 3 is 2.30 bits per heavy atom. The van der Waals surface area contributed by atoms with Gasteiger partial charge in [-0.05, 0) is 51.2 Å². The van der Waals surface area contributed by atoms with Crippen LogP contribution >= 0.6 is 0 Å². The first-order chi connectivity index (χ1) is 13.1. The number of H-pyrrole nitrogens is 1. The van der Waals surface area contributed by atoms with E-state index in [1.807, 2.05) is 6.07 Å². The van der Waals surface area contributed by atoms with Crippen molar-refractivity contribution in [1.29, 1.82) is 0 Å². The minimum atomic E-state index is -0.532. The number of aromatic amines is 1. The molecule has 5 rings (SSSR count). The summed E-state index contributed by atoms with van der Waals surface area (Å²) in [7, 11) is 0. The van der Waals surface area contributed by atoms with Gasteiger partial charge in [-0.15, -0.1) is 0 Å². The highest BCUT2D eigenvalue weighted by Crippen LogP contribution is 2.35. The van der Waals surface area contributed by atoms with Crippen LogP contribution in [0.2, 0.25) is 0 Å². The Morgan fingerprint density at radius 2 is 1.52 bits per heavy atom. The predicted molar refractivity (Wildman–Crippen MR) is 108 cm³/mol. The summed E-state index contributed by atoms with van der Waals surface area (Å²) in [4.78, 5) is 25.7. The Balaban J connectivity index is 1.80. The summed E-state index contributed by atoms with van der Waals surface area (Å²) in [5.41, 5.74) is 0.368. The molecule has 0 bridgehead atoms. The fourth-order valence-electron chi connectivity index (χ4n) is 3.61. The quantitative estimate of drug-likeness (QED) is 0.343. The third-order valence-corrected chi connectivity index (χ3v) is 4.96. The topological polar surface area (TPSA) is 54.9 Å². The number of aryl methyl sites for hydroxylation is 1. The summed E-state index contributed by atoms with van der Waals surface area (Å²) in [5, 5.41) is 7.03. The van der Waals surface area contributed by atoms with Crippen molar-refractivity contribution in [1.82, 2.24) is 9.55 Å². The molecule has 0 aliphatic heterocycles. The lowest BCUT2D eigenvalue weighted by Crippen LogP contribution is -2.28. The third-order valence-electron chi connectivity index (χ3n) is 4.96. The van der Waals surface area contributed by atoms with Gasteiger partial charge in [-0.3, -0.25) is 9.78 Å². The first kappa shape index (κ1) is 15.4. The molecule has 0 spiro atoms. The van der Waals surface area contributed by atoms with Crippen molar-refractivity contribution in [2.45, 2.75) is 6.92 Å². The third kappa shape index (κ3) is 2.33. The molecular formula is C23H14N2O2. The molecular weight excluding hydrogens is 336 g/mol. The summed E-state index contributed by atoms with van der Waals surface area (Å²) in [6, 6.07) is 21.6. The molecule has 0 radical (unpaired) electrons. The van der Waals surface area contributed by atoms with Crippen LogP contribution < -0.4 is 11.2 Å². The zero-order valence-corrected chi connectivity index (χ0v) is 14.5. The fourth-order valence-corrected chi connectivity index (χ4v) is 3.61. The van der Waals surface area contributed by atoms with Crippen molar-refractivity contribution < 1.29 is 0 Å². The lowest BCUT2D eigenvalue weighted by molar-refractivity contribution is 0.905. The number of rotatable bonds is 0. The van der Waals surface area contributed by atoms with Crippen LogP contribution in [0, 0.1) is 18.9 Å². The van der Waals surface area contributed by atoms with E-state index in [2.05, 4.69) is 65.5 Å². The highest BCUT2D eigenvalue weighted by molar-refractivity contribution is 6.23. The highest BCUT2D eigenvalue weighted by Gasteiger charge is 2.09. The maximum absolute atomic E-state index is 12.0. The van der Waals surface area contributed by atoms with E-state index in [-0.39, 0.29) is 5.56 Å². The predicted octanol–water partition coefficient (Wildman–Crippen LogP) is 3.60. The lowest BCUT2D eigenvalue weighted by atomic mass is 9.92. The average molecular weight is 350 g/mol. The maximum atomic E-state index is 12.0. The van der Waals surface area contributed by atoms with Gasteiger partial charge >= 0.3 is 5.69 Å². The summed E-state index contributed by atoms with van der Waals surface area (Å²) >= 11 is 0. The van der Waals surface area contributed by atoms with Crippen molar-refractivity contribution in [3.8, 4) is 12.0 Å². The van der Waals surface area contributed by atoms with Crippen LogP contribution in [0.1, 0.15) is 11.1 Å². The summed E-state index contributed by atoms with van der Waals surface area (Å²) in [6.07, 6.45) is 1.46. The first-order valence-electron chi connectivity index (χ1n) is 8.63. The number of nitrogens with one attached hydrogen (secondary N) is 1. The normalized spacial score (nSPS) is 11.1. The molecule has 4 aromatic carbocycles. The SMILES string of the molecule is Cc1cn(C#Cc2ccc3ccc4cccc5ccc2c3c45)c(=O)[nH]c1=O. The largest absolute Gasteiger partial charge is 0.340 e.